The molecule has 0 atom stereocenters. The first-order chi connectivity index (χ1) is 14.5. The second-order valence-corrected chi connectivity index (χ2v) is 8.21. The van der Waals surface area contributed by atoms with Crippen LogP contribution in [0.5, 0.6) is 0 Å². The van der Waals surface area contributed by atoms with Crippen LogP contribution in [0.4, 0.5) is 10.5 Å². The largest absolute Gasteiger partial charge is 0.358 e. The van der Waals surface area contributed by atoms with Gasteiger partial charge in [-0.05, 0) is 62.4 Å². The molecule has 1 aliphatic heterocycles. The number of amides is 3. The quantitative estimate of drug-likeness (QED) is 0.588. The highest BCUT2D eigenvalue weighted by Crippen LogP contribution is 2.30. The lowest BCUT2D eigenvalue weighted by Gasteiger charge is -2.31. The van der Waals surface area contributed by atoms with Crippen LogP contribution in [0, 0.1) is 0 Å². The van der Waals surface area contributed by atoms with Gasteiger partial charge in [0.05, 0.1) is 0 Å². The van der Waals surface area contributed by atoms with E-state index in [9.17, 15) is 9.59 Å². The molecule has 0 unspecified atom stereocenters. The minimum absolute atomic E-state index is 0.0121. The molecule has 0 bridgehead atoms. The van der Waals surface area contributed by atoms with Crippen molar-refractivity contribution >= 4 is 28.5 Å². The molecule has 3 amide bonds. The molecular weight excluding hydrogens is 376 g/mol. The first-order valence-electron chi connectivity index (χ1n) is 10.5. The van der Waals surface area contributed by atoms with Crippen LogP contribution in [0.15, 0.2) is 54.6 Å². The maximum absolute atomic E-state index is 13.0. The van der Waals surface area contributed by atoms with E-state index in [0.717, 1.165) is 31.4 Å². The van der Waals surface area contributed by atoms with Crippen LogP contribution in [-0.2, 0) is 0 Å². The molecule has 1 aliphatic rings. The molecule has 2 heterocycles. The summed E-state index contributed by atoms with van der Waals surface area (Å²) in [7, 11) is 0. The molecule has 0 saturated carbocycles. The summed E-state index contributed by atoms with van der Waals surface area (Å²) in [5.41, 5.74) is 3.64. The summed E-state index contributed by atoms with van der Waals surface area (Å²) in [6.45, 7) is 5.26. The number of carbonyl (C=O) groups is 2. The lowest BCUT2D eigenvalue weighted by Crippen LogP contribution is -2.38. The van der Waals surface area contributed by atoms with E-state index < -0.39 is 0 Å². The summed E-state index contributed by atoms with van der Waals surface area (Å²) in [5.74, 6) is 0.451. The van der Waals surface area contributed by atoms with Gasteiger partial charge in [0.25, 0.3) is 5.91 Å². The van der Waals surface area contributed by atoms with Crippen LogP contribution >= 0.6 is 0 Å². The normalized spacial score (nSPS) is 14.8. The summed E-state index contributed by atoms with van der Waals surface area (Å²) in [5, 5.41) is 6.81. The summed E-state index contributed by atoms with van der Waals surface area (Å²) >= 11 is 0. The fourth-order valence-corrected chi connectivity index (χ4v) is 4.05. The van der Waals surface area contributed by atoms with Gasteiger partial charge >= 0.3 is 6.03 Å². The van der Waals surface area contributed by atoms with Crippen molar-refractivity contribution in [2.75, 3.05) is 18.4 Å². The zero-order chi connectivity index (χ0) is 21.1. The second-order valence-electron chi connectivity index (χ2n) is 8.21. The van der Waals surface area contributed by atoms with Gasteiger partial charge in [0.1, 0.15) is 0 Å². The number of fused-ring (bicyclic) bond motifs is 1. The third-order valence-electron chi connectivity index (χ3n) is 5.56. The summed E-state index contributed by atoms with van der Waals surface area (Å²) in [4.78, 5) is 30.3. The van der Waals surface area contributed by atoms with Gasteiger partial charge in [-0.2, -0.15) is 0 Å². The number of aromatic nitrogens is 1. The highest BCUT2D eigenvalue weighted by Gasteiger charge is 2.25. The van der Waals surface area contributed by atoms with Gasteiger partial charge in [-0.1, -0.05) is 24.3 Å². The molecule has 6 nitrogen and oxygen atoms in total. The number of para-hydroxylation sites is 1. The number of urea groups is 1. The zero-order valence-corrected chi connectivity index (χ0v) is 17.4. The maximum atomic E-state index is 13.0. The highest BCUT2D eigenvalue weighted by atomic mass is 16.2. The van der Waals surface area contributed by atoms with E-state index in [1.807, 2.05) is 24.8 Å². The fraction of sp³-hybridized carbons (Fsp3) is 0.333. The molecule has 1 aromatic heterocycles. The molecule has 1 saturated heterocycles. The smallest absolute Gasteiger partial charge is 0.319 e. The number of nitrogens with zero attached hydrogens (tertiary/aromatic N) is 1. The Morgan fingerprint density at radius 1 is 1.03 bits per heavy atom. The van der Waals surface area contributed by atoms with Gasteiger partial charge in [0, 0.05) is 47.5 Å². The van der Waals surface area contributed by atoms with Crippen LogP contribution in [-0.4, -0.2) is 41.0 Å². The van der Waals surface area contributed by atoms with Gasteiger partial charge < -0.3 is 20.5 Å². The molecule has 0 spiro atoms. The van der Waals surface area contributed by atoms with Crippen LogP contribution in [0.25, 0.3) is 10.9 Å². The van der Waals surface area contributed by atoms with Crippen molar-refractivity contribution in [3.8, 4) is 0 Å². The molecule has 3 N–H and O–H groups in total. The number of aromatic amines is 1. The van der Waals surface area contributed by atoms with Gasteiger partial charge in [0.15, 0.2) is 0 Å². The SMILES string of the molecule is CC(C)NC(=O)Nc1cccc(C(=O)N2CCC(c3cc4ccccc4[nH]3)CC2)c1. The van der Waals surface area contributed by atoms with E-state index in [0.29, 0.717) is 17.2 Å². The average molecular weight is 405 g/mol. The Labute approximate surface area is 176 Å². The zero-order valence-electron chi connectivity index (χ0n) is 17.4. The van der Waals surface area contributed by atoms with Crippen LogP contribution in [0.3, 0.4) is 0 Å². The van der Waals surface area contributed by atoms with Gasteiger partial charge in [-0.3, -0.25) is 4.79 Å². The predicted molar refractivity (Wildman–Crippen MR) is 120 cm³/mol. The number of hydrogen-bond acceptors (Lipinski definition) is 2. The van der Waals surface area contributed by atoms with Gasteiger partial charge in [0.2, 0.25) is 0 Å². The summed E-state index contributed by atoms with van der Waals surface area (Å²) in [6.07, 6.45) is 1.88. The number of hydrogen-bond donors (Lipinski definition) is 3. The van der Waals surface area contributed by atoms with E-state index in [-0.39, 0.29) is 18.0 Å². The van der Waals surface area contributed by atoms with Crippen LogP contribution in [0.1, 0.15) is 48.7 Å². The average Bonchev–Trinajstić information content (AvgIpc) is 3.17. The molecule has 156 valence electrons. The van der Waals surface area contributed by atoms with Crippen molar-refractivity contribution in [3.63, 3.8) is 0 Å². The number of likely N-dealkylation sites (tertiary alicyclic amines) is 1. The molecule has 4 rings (SSSR count). The van der Waals surface area contributed by atoms with E-state index >= 15 is 0 Å². The summed E-state index contributed by atoms with van der Waals surface area (Å²) < 4.78 is 0. The second kappa shape index (κ2) is 8.61. The van der Waals surface area contributed by atoms with E-state index in [4.69, 9.17) is 0 Å². The Morgan fingerprint density at radius 2 is 1.80 bits per heavy atom. The monoisotopic (exact) mass is 404 g/mol. The highest BCUT2D eigenvalue weighted by molar-refractivity contribution is 5.97. The predicted octanol–water partition coefficient (Wildman–Crippen LogP) is 4.72. The molecule has 1 fully saturated rings. The number of H-pyrrole nitrogens is 1. The number of rotatable bonds is 4. The lowest BCUT2D eigenvalue weighted by molar-refractivity contribution is 0.0712. The topological polar surface area (TPSA) is 77.2 Å². The van der Waals surface area contributed by atoms with Gasteiger partial charge in [-0.25, -0.2) is 4.79 Å². The minimum Gasteiger partial charge on any atom is -0.358 e. The minimum atomic E-state index is -0.270. The molecular formula is C24H28N4O2. The number of anilines is 1. The van der Waals surface area contributed by atoms with Crippen LogP contribution in [0.2, 0.25) is 0 Å². The van der Waals surface area contributed by atoms with Crippen molar-refractivity contribution in [2.24, 2.45) is 0 Å². The Bertz CT molecular complexity index is 1020. The summed E-state index contributed by atoms with van der Waals surface area (Å²) in [6, 6.07) is 17.5. The number of carbonyl (C=O) groups excluding carboxylic acids is 2. The maximum Gasteiger partial charge on any atom is 0.319 e. The standard InChI is InChI=1S/C24H28N4O2/c1-16(2)25-24(30)26-20-8-5-7-19(14-20)23(29)28-12-10-17(11-13-28)22-15-18-6-3-4-9-21(18)27-22/h3-9,14-17,27H,10-13H2,1-2H3,(H2,25,26,30). The third-order valence-corrected chi connectivity index (χ3v) is 5.56. The molecule has 30 heavy (non-hydrogen) atoms. The first kappa shape index (κ1) is 20.0. The Balaban J connectivity index is 1.38. The number of benzene rings is 2. The van der Waals surface area contributed by atoms with Crippen molar-refractivity contribution in [1.82, 2.24) is 15.2 Å². The van der Waals surface area contributed by atoms with Crippen molar-refractivity contribution in [2.45, 2.75) is 38.6 Å². The fourth-order valence-electron chi connectivity index (χ4n) is 4.05. The van der Waals surface area contributed by atoms with Crippen LogP contribution < -0.4 is 10.6 Å². The molecule has 0 aliphatic carbocycles. The van der Waals surface area contributed by atoms with Crippen molar-refractivity contribution in [1.29, 1.82) is 0 Å². The number of nitrogens with one attached hydrogen (secondary N) is 3. The third kappa shape index (κ3) is 4.48. The van der Waals surface area contributed by atoms with E-state index in [1.165, 1.54) is 11.1 Å². The molecule has 3 aromatic rings. The Morgan fingerprint density at radius 3 is 2.53 bits per heavy atom. The lowest BCUT2D eigenvalue weighted by atomic mass is 9.93. The Hall–Kier alpha value is -3.28. The number of piperidine rings is 1. The van der Waals surface area contributed by atoms with E-state index in [1.54, 1.807) is 24.3 Å². The molecule has 0 radical (unpaired) electrons. The van der Waals surface area contributed by atoms with E-state index in [2.05, 4.69) is 39.9 Å². The van der Waals surface area contributed by atoms with Crippen molar-refractivity contribution in [3.05, 3.63) is 65.9 Å². The first-order valence-corrected chi connectivity index (χ1v) is 10.5. The Kier molecular flexibility index (Phi) is 5.74. The van der Waals surface area contributed by atoms with Gasteiger partial charge in [-0.15, -0.1) is 0 Å². The molecule has 2 aromatic carbocycles. The van der Waals surface area contributed by atoms with Crippen molar-refractivity contribution < 1.29 is 9.59 Å². The molecule has 6 heteroatoms.